The molecule has 3 aromatic rings. The number of hydrogen-bond donors (Lipinski definition) is 0. The fourth-order valence-corrected chi connectivity index (χ4v) is 2.43. The minimum atomic E-state index is -0.0974. The fourth-order valence-electron chi connectivity index (χ4n) is 2.24. The third kappa shape index (κ3) is 3.37. The summed E-state index contributed by atoms with van der Waals surface area (Å²) in [5.41, 5.74) is 2.20. The first-order valence-electron chi connectivity index (χ1n) is 6.97. The van der Waals surface area contributed by atoms with Gasteiger partial charge in [-0.15, -0.1) is 5.10 Å². The molecular formula is C16H14ClN5O. The first-order chi connectivity index (χ1) is 11.1. The smallest absolute Gasteiger partial charge is 0.253 e. The molecule has 0 saturated carbocycles. The Morgan fingerprint density at radius 1 is 1.22 bits per heavy atom. The van der Waals surface area contributed by atoms with Gasteiger partial charge in [-0.05, 0) is 40.3 Å². The van der Waals surface area contributed by atoms with Crippen LogP contribution in [0.3, 0.4) is 0 Å². The SMILES string of the molecule is CN(Cc1ccccc1Cl)C(=O)c1cccc(-n2cnnn2)c1. The Morgan fingerprint density at radius 3 is 2.78 bits per heavy atom. The van der Waals surface area contributed by atoms with Crippen molar-refractivity contribution in [2.45, 2.75) is 6.54 Å². The van der Waals surface area contributed by atoms with Crippen LogP contribution >= 0.6 is 11.6 Å². The van der Waals surface area contributed by atoms with E-state index in [-0.39, 0.29) is 5.91 Å². The number of aromatic nitrogens is 4. The molecule has 0 aliphatic rings. The summed E-state index contributed by atoms with van der Waals surface area (Å²) in [5.74, 6) is -0.0974. The zero-order valence-electron chi connectivity index (χ0n) is 12.4. The lowest BCUT2D eigenvalue weighted by atomic mass is 10.1. The van der Waals surface area contributed by atoms with E-state index in [0.29, 0.717) is 17.1 Å². The fraction of sp³-hybridized carbons (Fsp3) is 0.125. The first kappa shape index (κ1) is 15.2. The molecule has 0 radical (unpaired) electrons. The number of halogens is 1. The van der Waals surface area contributed by atoms with Gasteiger partial charge in [0.1, 0.15) is 6.33 Å². The minimum Gasteiger partial charge on any atom is -0.337 e. The second kappa shape index (κ2) is 6.58. The zero-order valence-corrected chi connectivity index (χ0v) is 13.2. The first-order valence-corrected chi connectivity index (χ1v) is 7.35. The van der Waals surface area contributed by atoms with Crippen LogP contribution in [-0.4, -0.2) is 38.1 Å². The van der Waals surface area contributed by atoms with E-state index < -0.39 is 0 Å². The molecule has 0 aliphatic heterocycles. The highest BCUT2D eigenvalue weighted by Crippen LogP contribution is 2.18. The molecule has 1 heterocycles. The quantitative estimate of drug-likeness (QED) is 0.739. The lowest BCUT2D eigenvalue weighted by Gasteiger charge is -2.18. The number of tetrazole rings is 1. The normalized spacial score (nSPS) is 10.5. The van der Waals surface area contributed by atoms with E-state index >= 15 is 0 Å². The minimum absolute atomic E-state index is 0.0974. The van der Waals surface area contributed by atoms with Crippen molar-refractivity contribution in [1.82, 2.24) is 25.1 Å². The van der Waals surface area contributed by atoms with Gasteiger partial charge in [-0.3, -0.25) is 4.79 Å². The number of nitrogens with zero attached hydrogens (tertiary/aromatic N) is 5. The van der Waals surface area contributed by atoms with Gasteiger partial charge >= 0.3 is 0 Å². The Morgan fingerprint density at radius 2 is 2.04 bits per heavy atom. The van der Waals surface area contributed by atoms with Gasteiger partial charge < -0.3 is 4.90 Å². The highest BCUT2D eigenvalue weighted by molar-refractivity contribution is 6.31. The number of carbonyl (C=O) groups excluding carboxylic acids is 1. The lowest BCUT2D eigenvalue weighted by molar-refractivity contribution is 0.0785. The topological polar surface area (TPSA) is 63.9 Å². The van der Waals surface area contributed by atoms with E-state index in [4.69, 9.17) is 11.6 Å². The summed E-state index contributed by atoms with van der Waals surface area (Å²) in [5, 5.41) is 11.7. The molecule has 0 bridgehead atoms. The van der Waals surface area contributed by atoms with Crippen LogP contribution in [0.5, 0.6) is 0 Å². The van der Waals surface area contributed by atoms with Crippen molar-refractivity contribution in [1.29, 1.82) is 0 Å². The summed E-state index contributed by atoms with van der Waals surface area (Å²) in [6.07, 6.45) is 1.48. The zero-order chi connectivity index (χ0) is 16.2. The Hall–Kier alpha value is -2.73. The number of carbonyl (C=O) groups is 1. The average Bonchev–Trinajstić information content (AvgIpc) is 3.11. The third-order valence-corrected chi connectivity index (χ3v) is 3.79. The van der Waals surface area contributed by atoms with Crippen molar-refractivity contribution in [3.63, 3.8) is 0 Å². The Bertz CT molecular complexity index is 819. The number of amides is 1. The van der Waals surface area contributed by atoms with Gasteiger partial charge in [0.2, 0.25) is 0 Å². The average molecular weight is 328 g/mol. The molecule has 1 amide bonds. The molecule has 116 valence electrons. The van der Waals surface area contributed by atoms with Crippen LogP contribution in [0.15, 0.2) is 54.9 Å². The summed E-state index contributed by atoms with van der Waals surface area (Å²) in [4.78, 5) is 14.2. The van der Waals surface area contributed by atoms with Crippen LogP contribution in [0.4, 0.5) is 0 Å². The van der Waals surface area contributed by atoms with Crippen LogP contribution in [-0.2, 0) is 6.54 Å². The van der Waals surface area contributed by atoms with Crippen LogP contribution in [0.2, 0.25) is 5.02 Å². The molecule has 0 fully saturated rings. The van der Waals surface area contributed by atoms with E-state index in [1.165, 1.54) is 11.0 Å². The molecular weight excluding hydrogens is 314 g/mol. The van der Waals surface area contributed by atoms with Crippen molar-refractivity contribution in [2.24, 2.45) is 0 Å². The molecule has 0 atom stereocenters. The lowest BCUT2D eigenvalue weighted by Crippen LogP contribution is -2.26. The van der Waals surface area contributed by atoms with Gasteiger partial charge in [0.05, 0.1) is 5.69 Å². The Balaban J connectivity index is 1.80. The molecule has 0 unspecified atom stereocenters. The van der Waals surface area contributed by atoms with Crippen LogP contribution < -0.4 is 0 Å². The summed E-state index contributed by atoms with van der Waals surface area (Å²) in [6, 6.07) is 14.6. The highest BCUT2D eigenvalue weighted by atomic mass is 35.5. The van der Waals surface area contributed by atoms with E-state index in [1.807, 2.05) is 30.3 Å². The molecule has 0 N–H and O–H groups in total. The molecule has 2 aromatic carbocycles. The summed E-state index contributed by atoms with van der Waals surface area (Å²) >= 11 is 6.15. The maximum atomic E-state index is 12.6. The van der Waals surface area contributed by atoms with Crippen molar-refractivity contribution in [2.75, 3.05) is 7.05 Å². The van der Waals surface area contributed by atoms with Crippen molar-refractivity contribution in [3.8, 4) is 5.69 Å². The largest absolute Gasteiger partial charge is 0.337 e. The molecule has 6 nitrogen and oxygen atoms in total. The third-order valence-electron chi connectivity index (χ3n) is 3.42. The number of rotatable bonds is 4. The van der Waals surface area contributed by atoms with Crippen LogP contribution in [0.25, 0.3) is 5.69 Å². The van der Waals surface area contributed by atoms with Gasteiger partial charge in [-0.25, -0.2) is 4.68 Å². The number of hydrogen-bond acceptors (Lipinski definition) is 4. The maximum absolute atomic E-state index is 12.6. The second-order valence-electron chi connectivity index (χ2n) is 5.06. The van der Waals surface area contributed by atoms with Gasteiger partial charge in [0, 0.05) is 24.2 Å². The maximum Gasteiger partial charge on any atom is 0.253 e. The molecule has 23 heavy (non-hydrogen) atoms. The molecule has 0 spiro atoms. The van der Waals surface area contributed by atoms with E-state index in [9.17, 15) is 4.79 Å². The monoisotopic (exact) mass is 327 g/mol. The van der Waals surface area contributed by atoms with E-state index in [2.05, 4.69) is 15.5 Å². The van der Waals surface area contributed by atoms with Gasteiger partial charge in [-0.2, -0.15) is 0 Å². The van der Waals surface area contributed by atoms with Crippen LogP contribution in [0.1, 0.15) is 15.9 Å². The van der Waals surface area contributed by atoms with Gasteiger partial charge in [-0.1, -0.05) is 35.9 Å². The molecule has 0 saturated heterocycles. The predicted octanol–water partition coefficient (Wildman–Crippen LogP) is 2.59. The summed E-state index contributed by atoms with van der Waals surface area (Å²) in [7, 11) is 1.75. The summed E-state index contributed by atoms with van der Waals surface area (Å²) in [6.45, 7) is 0.438. The van der Waals surface area contributed by atoms with E-state index in [1.54, 1.807) is 30.1 Å². The predicted molar refractivity (Wildman–Crippen MR) is 86.4 cm³/mol. The molecule has 7 heteroatoms. The molecule has 0 aliphatic carbocycles. The van der Waals surface area contributed by atoms with Crippen molar-refractivity contribution in [3.05, 3.63) is 71.0 Å². The molecule has 3 rings (SSSR count). The number of benzene rings is 2. The van der Waals surface area contributed by atoms with Gasteiger partial charge in [0.25, 0.3) is 5.91 Å². The standard InChI is InChI=1S/C16H14ClN5O/c1-21(10-13-5-2-3-8-15(13)17)16(23)12-6-4-7-14(9-12)22-11-18-19-20-22/h2-9,11H,10H2,1H3. The van der Waals surface area contributed by atoms with Crippen molar-refractivity contribution >= 4 is 17.5 Å². The second-order valence-corrected chi connectivity index (χ2v) is 5.46. The van der Waals surface area contributed by atoms with Crippen LogP contribution in [0, 0.1) is 0 Å². The summed E-state index contributed by atoms with van der Waals surface area (Å²) < 4.78 is 1.50. The Labute approximate surface area is 138 Å². The van der Waals surface area contributed by atoms with E-state index in [0.717, 1.165) is 11.3 Å². The van der Waals surface area contributed by atoms with Crippen molar-refractivity contribution < 1.29 is 4.79 Å². The highest BCUT2D eigenvalue weighted by Gasteiger charge is 2.14. The Kier molecular flexibility index (Phi) is 4.34. The molecule has 1 aromatic heterocycles. The van der Waals surface area contributed by atoms with Gasteiger partial charge in [0.15, 0.2) is 0 Å².